The maximum Gasteiger partial charge on any atom is 0.203 e. The fourth-order valence-corrected chi connectivity index (χ4v) is 1.69. The van der Waals surface area contributed by atoms with E-state index in [4.69, 9.17) is 0 Å². The molecule has 1 fully saturated rings. The summed E-state index contributed by atoms with van der Waals surface area (Å²) >= 11 is 0. The third kappa shape index (κ3) is 1.80. The van der Waals surface area contributed by atoms with Crippen LogP contribution in [0.5, 0.6) is 0 Å². The molecule has 5 heteroatoms. The lowest BCUT2D eigenvalue weighted by atomic mass is 10.5. The first-order valence-electron chi connectivity index (χ1n) is 5.57. The number of anilines is 1. The summed E-state index contributed by atoms with van der Waals surface area (Å²) in [6.45, 7) is 0.762. The number of nitrogens with one attached hydrogen (secondary N) is 1. The van der Waals surface area contributed by atoms with E-state index in [2.05, 4.69) is 19.9 Å². The summed E-state index contributed by atoms with van der Waals surface area (Å²) in [5.74, 6) is 1.99. The Morgan fingerprint density at radius 2 is 2.12 bits per heavy atom. The van der Waals surface area contributed by atoms with E-state index in [1.165, 1.54) is 12.8 Å². The zero-order valence-electron chi connectivity index (χ0n) is 9.30. The maximum atomic E-state index is 4.32. The smallest absolute Gasteiger partial charge is 0.203 e. The molecular formula is C11H15N5. The summed E-state index contributed by atoms with van der Waals surface area (Å²) in [7, 11) is 2.01. The van der Waals surface area contributed by atoms with Gasteiger partial charge in [-0.2, -0.15) is 0 Å². The minimum Gasteiger partial charge on any atom is -0.353 e. The lowest BCUT2D eigenvalue weighted by Crippen LogP contribution is -2.11. The Morgan fingerprint density at radius 1 is 1.31 bits per heavy atom. The number of rotatable bonds is 4. The van der Waals surface area contributed by atoms with Crippen molar-refractivity contribution < 1.29 is 0 Å². The van der Waals surface area contributed by atoms with E-state index < -0.39 is 0 Å². The van der Waals surface area contributed by atoms with Crippen LogP contribution in [-0.2, 0) is 13.6 Å². The molecular weight excluding hydrogens is 202 g/mol. The predicted molar refractivity (Wildman–Crippen MR) is 61.2 cm³/mol. The summed E-state index contributed by atoms with van der Waals surface area (Å²) in [5, 5.41) is 3.41. The largest absolute Gasteiger partial charge is 0.353 e. The van der Waals surface area contributed by atoms with Crippen molar-refractivity contribution in [2.75, 3.05) is 5.32 Å². The van der Waals surface area contributed by atoms with Crippen LogP contribution in [0.3, 0.4) is 0 Å². The average molecular weight is 217 g/mol. The van der Waals surface area contributed by atoms with Crippen LogP contribution in [-0.4, -0.2) is 25.1 Å². The molecule has 0 saturated heterocycles. The van der Waals surface area contributed by atoms with Gasteiger partial charge in [0, 0.05) is 37.9 Å². The quantitative estimate of drug-likeness (QED) is 0.838. The lowest BCUT2D eigenvalue weighted by molar-refractivity contribution is 0.701. The van der Waals surface area contributed by atoms with Crippen LogP contribution in [0.25, 0.3) is 0 Å². The van der Waals surface area contributed by atoms with Crippen LogP contribution in [0, 0.1) is 0 Å². The summed E-state index contributed by atoms with van der Waals surface area (Å²) in [6, 6.07) is 0.627. The average Bonchev–Trinajstić information content (AvgIpc) is 2.84. The molecule has 0 amide bonds. The summed E-state index contributed by atoms with van der Waals surface area (Å²) in [5.41, 5.74) is 0. The van der Waals surface area contributed by atoms with Crippen molar-refractivity contribution in [1.82, 2.24) is 19.1 Å². The molecule has 0 bridgehead atoms. The predicted octanol–water partition coefficient (Wildman–Crippen LogP) is 1.24. The van der Waals surface area contributed by atoms with E-state index in [0.717, 1.165) is 18.3 Å². The Morgan fingerprint density at radius 3 is 2.81 bits per heavy atom. The molecule has 0 unspecified atom stereocenters. The van der Waals surface area contributed by atoms with Gasteiger partial charge in [0.2, 0.25) is 5.95 Å². The van der Waals surface area contributed by atoms with E-state index in [-0.39, 0.29) is 0 Å². The summed E-state index contributed by atoms with van der Waals surface area (Å²) in [6.07, 6.45) is 10.1. The lowest BCUT2D eigenvalue weighted by Gasteiger charge is -2.08. The maximum absolute atomic E-state index is 4.32. The first-order chi connectivity index (χ1) is 7.83. The SMILES string of the molecule is Cn1ccnc1Cn1ccnc1NC1CC1. The van der Waals surface area contributed by atoms with E-state index in [0.29, 0.717) is 6.04 Å². The van der Waals surface area contributed by atoms with Crippen molar-refractivity contribution in [1.29, 1.82) is 0 Å². The van der Waals surface area contributed by atoms with Gasteiger partial charge in [-0.25, -0.2) is 9.97 Å². The minimum absolute atomic E-state index is 0.627. The van der Waals surface area contributed by atoms with Crippen LogP contribution in [0.2, 0.25) is 0 Å². The minimum atomic E-state index is 0.627. The second-order valence-electron chi connectivity index (χ2n) is 4.25. The van der Waals surface area contributed by atoms with E-state index in [1.807, 2.05) is 36.4 Å². The highest BCUT2D eigenvalue weighted by Gasteiger charge is 2.22. The zero-order chi connectivity index (χ0) is 11.0. The topological polar surface area (TPSA) is 47.7 Å². The number of hydrogen-bond donors (Lipinski definition) is 1. The molecule has 1 aliphatic carbocycles. The molecule has 0 aromatic carbocycles. The molecule has 1 aliphatic rings. The Labute approximate surface area is 94.1 Å². The van der Waals surface area contributed by atoms with Crippen molar-refractivity contribution in [3.63, 3.8) is 0 Å². The number of aromatic nitrogens is 4. The Bertz CT molecular complexity index is 480. The van der Waals surface area contributed by atoms with Crippen LogP contribution in [0.4, 0.5) is 5.95 Å². The van der Waals surface area contributed by atoms with Gasteiger partial charge in [-0.05, 0) is 12.8 Å². The summed E-state index contributed by atoms with van der Waals surface area (Å²) in [4.78, 5) is 8.63. The van der Waals surface area contributed by atoms with Crippen LogP contribution in [0.15, 0.2) is 24.8 Å². The van der Waals surface area contributed by atoms with Crippen molar-refractivity contribution in [3.05, 3.63) is 30.6 Å². The molecule has 5 nitrogen and oxygen atoms in total. The van der Waals surface area contributed by atoms with Gasteiger partial charge in [-0.15, -0.1) is 0 Å². The van der Waals surface area contributed by atoms with Crippen LogP contribution < -0.4 is 5.32 Å². The highest BCUT2D eigenvalue weighted by atomic mass is 15.2. The number of imidazole rings is 2. The normalized spacial score (nSPS) is 15.3. The van der Waals surface area contributed by atoms with Crippen molar-refractivity contribution >= 4 is 5.95 Å². The van der Waals surface area contributed by atoms with Gasteiger partial charge in [0.1, 0.15) is 5.82 Å². The standard InChI is InChI=1S/C11H15N5/c1-15-6-4-12-10(15)8-16-7-5-13-11(16)14-9-2-3-9/h4-7,9H,2-3,8H2,1H3,(H,13,14). The summed E-state index contributed by atoms with van der Waals surface area (Å²) < 4.78 is 4.13. The molecule has 0 spiro atoms. The first-order valence-corrected chi connectivity index (χ1v) is 5.57. The van der Waals surface area contributed by atoms with Gasteiger partial charge in [-0.1, -0.05) is 0 Å². The van der Waals surface area contributed by atoms with E-state index in [9.17, 15) is 0 Å². The molecule has 1 N–H and O–H groups in total. The van der Waals surface area contributed by atoms with E-state index >= 15 is 0 Å². The van der Waals surface area contributed by atoms with Gasteiger partial charge >= 0.3 is 0 Å². The highest BCUT2D eigenvalue weighted by Crippen LogP contribution is 2.23. The fraction of sp³-hybridized carbons (Fsp3) is 0.455. The monoisotopic (exact) mass is 217 g/mol. The third-order valence-electron chi connectivity index (χ3n) is 2.86. The Balaban J connectivity index is 1.78. The fourth-order valence-electron chi connectivity index (χ4n) is 1.69. The van der Waals surface area contributed by atoms with Gasteiger partial charge < -0.3 is 14.5 Å². The van der Waals surface area contributed by atoms with Crippen molar-refractivity contribution in [3.8, 4) is 0 Å². The van der Waals surface area contributed by atoms with Gasteiger partial charge in [0.05, 0.1) is 6.54 Å². The molecule has 16 heavy (non-hydrogen) atoms. The van der Waals surface area contributed by atoms with E-state index in [1.54, 1.807) is 0 Å². The Hall–Kier alpha value is -1.78. The molecule has 0 radical (unpaired) electrons. The number of nitrogens with zero attached hydrogens (tertiary/aromatic N) is 4. The third-order valence-corrected chi connectivity index (χ3v) is 2.86. The molecule has 84 valence electrons. The number of aryl methyl sites for hydroxylation is 1. The molecule has 1 saturated carbocycles. The van der Waals surface area contributed by atoms with Gasteiger partial charge in [-0.3, -0.25) is 0 Å². The molecule has 3 rings (SSSR count). The molecule has 0 atom stereocenters. The molecule has 2 heterocycles. The second kappa shape index (κ2) is 3.66. The van der Waals surface area contributed by atoms with Gasteiger partial charge in [0.25, 0.3) is 0 Å². The van der Waals surface area contributed by atoms with Crippen LogP contribution in [0.1, 0.15) is 18.7 Å². The first kappa shape index (κ1) is 9.45. The molecule has 2 aromatic rings. The van der Waals surface area contributed by atoms with Crippen molar-refractivity contribution in [2.45, 2.75) is 25.4 Å². The molecule has 2 aromatic heterocycles. The second-order valence-corrected chi connectivity index (χ2v) is 4.25. The highest BCUT2D eigenvalue weighted by molar-refractivity contribution is 5.30. The number of hydrogen-bond acceptors (Lipinski definition) is 3. The Kier molecular flexibility index (Phi) is 2.16. The van der Waals surface area contributed by atoms with Gasteiger partial charge in [0.15, 0.2) is 0 Å². The van der Waals surface area contributed by atoms with Crippen molar-refractivity contribution in [2.24, 2.45) is 7.05 Å². The molecule has 0 aliphatic heterocycles. The van der Waals surface area contributed by atoms with Crippen LogP contribution >= 0.6 is 0 Å². The zero-order valence-corrected chi connectivity index (χ0v) is 9.30.